The highest BCUT2D eigenvalue weighted by atomic mass is 32.3. The van der Waals surface area contributed by atoms with Crippen LogP contribution in [0.1, 0.15) is 76.6 Å². The van der Waals surface area contributed by atoms with Gasteiger partial charge in [-0.05, 0) is 63.3 Å². The van der Waals surface area contributed by atoms with E-state index in [-0.39, 0.29) is 23.1 Å². The van der Waals surface area contributed by atoms with E-state index in [0.717, 1.165) is 61.4 Å². The molecule has 0 bridgehead atoms. The van der Waals surface area contributed by atoms with Crippen LogP contribution in [0.3, 0.4) is 0 Å². The lowest BCUT2D eigenvalue weighted by Gasteiger charge is -2.42. The van der Waals surface area contributed by atoms with Crippen molar-refractivity contribution in [2.45, 2.75) is 82.1 Å². The van der Waals surface area contributed by atoms with Crippen molar-refractivity contribution in [1.29, 1.82) is 0 Å². The van der Waals surface area contributed by atoms with E-state index in [1.54, 1.807) is 18.2 Å². The molecule has 0 spiro atoms. The van der Waals surface area contributed by atoms with Crippen LogP contribution < -0.4 is 15.0 Å². The summed E-state index contributed by atoms with van der Waals surface area (Å²) in [5, 5.41) is 11.9. The molecule has 0 unspecified atom stereocenters. The Bertz CT molecular complexity index is 1220. The first-order chi connectivity index (χ1) is 19.4. The molecule has 2 aromatic carbocycles. The lowest BCUT2D eigenvalue weighted by molar-refractivity contribution is -0.131. The number of ether oxygens (including phenoxy) is 1. The van der Waals surface area contributed by atoms with Gasteiger partial charge in [-0.2, -0.15) is 10.6 Å². The van der Waals surface area contributed by atoms with Crippen LogP contribution in [0, 0.1) is 5.41 Å². The van der Waals surface area contributed by atoms with E-state index < -0.39 is 16.6 Å². The first-order valence-electron chi connectivity index (χ1n) is 14.2. The fourth-order valence-corrected chi connectivity index (χ4v) is 8.02. The summed E-state index contributed by atoms with van der Waals surface area (Å²) < 4.78 is 29.3. The van der Waals surface area contributed by atoms with Crippen molar-refractivity contribution in [2.75, 3.05) is 23.5 Å². The summed E-state index contributed by atoms with van der Waals surface area (Å²) in [6.45, 7) is 8.73. The van der Waals surface area contributed by atoms with Crippen LogP contribution in [0.25, 0.3) is 0 Å². The van der Waals surface area contributed by atoms with Gasteiger partial charge in [0.2, 0.25) is 0 Å². The largest absolute Gasteiger partial charge is 0.478 e. The molecule has 41 heavy (non-hydrogen) atoms. The van der Waals surface area contributed by atoms with Crippen molar-refractivity contribution < 1.29 is 28.5 Å². The fourth-order valence-electron chi connectivity index (χ4n) is 5.29. The third kappa shape index (κ3) is 8.44. The Kier molecular flexibility index (Phi) is 11.6. The number of carboxylic acids is 1. The van der Waals surface area contributed by atoms with E-state index in [9.17, 15) is 18.7 Å². The summed E-state index contributed by atoms with van der Waals surface area (Å²) in [6, 6.07) is 11.0. The maximum Gasteiger partial charge on any atom is 0.331 e. The van der Waals surface area contributed by atoms with Crippen LogP contribution in [-0.2, 0) is 4.79 Å². The first kappa shape index (κ1) is 32.8. The van der Waals surface area contributed by atoms with Gasteiger partial charge in [0.05, 0.1) is 27.8 Å². The van der Waals surface area contributed by atoms with Crippen molar-refractivity contribution in [3.05, 3.63) is 54.3 Å². The molecule has 0 aliphatic carbocycles. The van der Waals surface area contributed by atoms with Crippen molar-refractivity contribution in [2.24, 2.45) is 5.41 Å². The third-order valence-corrected chi connectivity index (χ3v) is 10.1. The fraction of sp³-hybridized carbons (Fsp3) is 0.484. The van der Waals surface area contributed by atoms with Gasteiger partial charge in [-0.25, -0.2) is 4.79 Å². The molecule has 4 N–H and O–H groups in total. The molecule has 2 aromatic rings. The quantitative estimate of drug-likeness (QED) is 0.103. The molecule has 0 fully saturated rings. The number of fused-ring (bicyclic) bond motifs is 1. The minimum Gasteiger partial charge on any atom is -0.478 e. The SMILES string of the molecule is CCCCC1(CCCC)CN(c2ccc(C(=O)NC(C)C)cc2)c2cc(SC)c(O/C=C/C(=O)O)cc2S(O)(O)C1. The van der Waals surface area contributed by atoms with Gasteiger partial charge in [0.15, 0.2) is 0 Å². The Balaban J connectivity index is 2.20. The minimum absolute atomic E-state index is 0.0225. The van der Waals surface area contributed by atoms with Gasteiger partial charge in [0.1, 0.15) is 5.75 Å². The van der Waals surface area contributed by atoms with E-state index in [0.29, 0.717) is 28.4 Å². The number of nitrogens with zero attached hydrogens (tertiary/aromatic N) is 1. The van der Waals surface area contributed by atoms with Gasteiger partial charge < -0.3 is 20.1 Å². The van der Waals surface area contributed by atoms with E-state index in [1.807, 2.05) is 38.3 Å². The second kappa shape index (κ2) is 14.5. The summed E-state index contributed by atoms with van der Waals surface area (Å²) in [6.07, 6.45) is 9.56. The molecule has 1 amide bonds. The van der Waals surface area contributed by atoms with Crippen LogP contribution in [0.15, 0.2) is 58.5 Å². The molecule has 1 aliphatic rings. The molecule has 0 aromatic heterocycles. The second-order valence-electron chi connectivity index (χ2n) is 11.0. The topological polar surface area (TPSA) is 119 Å². The summed E-state index contributed by atoms with van der Waals surface area (Å²) in [5.41, 5.74) is 1.75. The molecule has 0 saturated carbocycles. The predicted molar refractivity (Wildman–Crippen MR) is 169 cm³/mol. The van der Waals surface area contributed by atoms with Crippen molar-refractivity contribution in [3.8, 4) is 5.75 Å². The van der Waals surface area contributed by atoms with E-state index in [4.69, 9.17) is 9.84 Å². The number of thioether (sulfide) groups is 1. The molecular formula is C31H44N2O6S2. The Labute approximate surface area is 249 Å². The molecule has 0 radical (unpaired) electrons. The van der Waals surface area contributed by atoms with Crippen LogP contribution in [0.4, 0.5) is 11.4 Å². The highest BCUT2D eigenvalue weighted by Crippen LogP contribution is 2.62. The Morgan fingerprint density at radius 1 is 1.12 bits per heavy atom. The van der Waals surface area contributed by atoms with E-state index >= 15 is 0 Å². The van der Waals surface area contributed by atoms with Gasteiger partial charge in [-0.15, -0.1) is 11.8 Å². The number of unbranched alkanes of at least 4 members (excludes halogenated alkanes) is 2. The standard InChI is InChI=1S/C31H44N2O6S2/c1-6-8-15-31(16-9-7-2)20-33(24-12-10-23(11-13-24)30(36)32-22(3)4)25-18-27(40-5)26(39-17-14-29(34)35)19-28(25)41(37,38)21-31/h10-14,17-19,22,37-38H,6-9,15-16,20-21H2,1-5H3,(H,32,36)(H,34,35)/b17-14+. The van der Waals surface area contributed by atoms with Gasteiger partial charge >= 0.3 is 5.97 Å². The van der Waals surface area contributed by atoms with Crippen molar-refractivity contribution in [1.82, 2.24) is 5.32 Å². The molecule has 0 atom stereocenters. The van der Waals surface area contributed by atoms with Crippen LogP contribution in [0.5, 0.6) is 5.75 Å². The predicted octanol–water partition coefficient (Wildman–Crippen LogP) is 8.15. The van der Waals surface area contributed by atoms with Crippen LogP contribution in [0.2, 0.25) is 0 Å². The number of anilines is 2. The zero-order valence-corrected chi connectivity index (χ0v) is 26.3. The number of carbonyl (C=O) groups is 2. The molecule has 1 aliphatic heterocycles. The third-order valence-electron chi connectivity index (χ3n) is 7.28. The molecule has 1 heterocycles. The molecule has 0 saturated heterocycles. The maximum absolute atomic E-state index is 12.6. The summed E-state index contributed by atoms with van der Waals surface area (Å²) in [4.78, 5) is 26.9. The maximum atomic E-state index is 12.6. The van der Waals surface area contributed by atoms with Crippen LogP contribution >= 0.6 is 22.4 Å². The van der Waals surface area contributed by atoms with Crippen molar-refractivity contribution >= 4 is 45.6 Å². The number of aliphatic carboxylic acids is 1. The summed E-state index contributed by atoms with van der Waals surface area (Å²) >= 11 is 1.43. The summed E-state index contributed by atoms with van der Waals surface area (Å²) in [5.74, 6) is -0.674. The lowest BCUT2D eigenvalue weighted by atomic mass is 9.79. The first-order valence-corrected chi connectivity index (χ1v) is 17.1. The smallest absolute Gasteiger partial charge is 0.331 e. The number of hydrogen-bond donors (Lipinski definition) is 4. The number of carbonyl (C=O) groups excluding carboxylic acids is 1. The molecule has 10 heteroatoms. The monoisotopic (exact) mass is 604 g/mol. The summed E-state index contributed by atoms with van der Waals surface area (Å²) in [7, 11) is -3.25. The number of carboxylic acid groups (broad SMARTS) is 1. The minimum atomic E-state index is -3.25. The average Bonchev–Trinajstić information content (AvgIpc) is 3.01. The number of rotatable bonds is 13. The number of amides is 1. The molecular weight excluding hydrogens is 560 g/mol. The zero-order chi connectivity index (χ0) is 30.2. The van der Waals surface area contributed by atoms with Gasteiger partial charge in [0.25, 0.3) is 5.91 Å². The van der Waals surface area contributed by atoms with E-state index in [2.05, 4.69) is 24.1 Å². The second-order valence-corrected chi connectivity index (χ2v) is 13.9. The molecule has 8 nitrogen and oxygen atoms in total. The van der Waals surface area contributed by atoms with Gasteiger partial charge in [-0.1, -0.05) is 39.5 Å². The average molecular weight is 605 g/mol. The van der Waals surface area contributed by atoms with Crippen molar-refractivity contribution in [3.63, 3.8) is 0 Å². The Morgan fingerprint density at radius 2 is 1.76 bits per heavy atom. The Hall–Kier alpha value is -2.66. The van der Waals surface area contributed by atoms with Crippen LogP contribution in [-0.4, -0.2) is 50.7 Å². The lowest BCUT2D eigenvalue weighted by Crippen LogP contribution is -2.38. The van der Waals surface area contributed by atoms with E-state index in [1.165, 1.54) is 11.8 Å². The normalized spacial score (nSPS) is 16.7. The number of nitrogens with one attached hydrogen (secondary N) is 1. The number of benzene rings is 2. The van der Waals surface area contributed by atoms with Gasteiger partial charge in [0, 0.05) is 41.1 Å². The Morgan fingerprint density at radius 3 is 2.29 bits per heavy atom. The number of hydrogen-bond acceptors (Lipinski definition) is 7. The highest BCUT2D eigenvalue weighted by Gasteiger charge is 2.42. The highest BCUT2D eigenvalue weighted by molar-refractivity contribution is 8.24. The zero-order valence-electron chi connectivity index (χ0n) is 24.7. The molecule has 226 valence electrons. The van der Waals surface area contributed by atoms with Gasteiger partial charge in [-0.3, -0.25) is 13.9 Å². The molecule has 3 rings (SSSR count).